The zero-order valence-electron chi connectivity index (χ0n) is 15.8. The van der Waals surface area contributed by atoms with Crippen LogP contribution in [-0.4, -0.2) is 60.1 Å². The number of rotatable bonds is 6. The summed E-state index contributed by atoms with van der Waals surface area (Å²) in [5, 5.41) is 4.26. The fraction of sp³-hybridized carbons (Fsp3) is 0.450. The predicted octanol–water partition coefficient (Wildman–Crippen LogP) is 2.85. The molecule has 0 amide bonds. The Morgan fingerprint density at radius 3 is 2.56 bits per heavy atom. The monoisotopic (exact) mass is 386 g/mol. The van der Waals surface area contributed by atoms with E-state index >= 15 is 0 Å². The van der Waals surface area contributed by atoms with Gasteiger partial charge < -0.3 is 15.1 Å². The molecule has 144 valence electrons. The molecule has 2 heterocycles. The summed E-state index contributed by atoms with van der Waals surface area (Å²) in [7, 11) is 0. The van der Waals surface area contributed by atoms with Crippen LogP contribution in [0.25, 0.3) is 0 Å². The molecule has 1 N–H and O–H groups in total. The summed E-state index contributed by atoms with van der Waals surface area (Å²) in [6.45, 7) is 7.37. The van der Waals surface area contributed by atoms with Gasteiger partial charge in [0.15, 0.2) is 5.96 Å². The first kappa shape index (κ1) is 19.4. The van der Waals surface area contributed by atoms with Gasteiger partial charge in [-0.25, -0.2) is 9.97 Å². The molecular formula is C20H27ClN6. The molecule has 7 heteroatoms. The van der Waals surface area contributed by atoms with Crippen LogP contribution in [0.1, 0.15) is 18.9 Å². The number of benzene rings is 1. The molecule has 27 heavy (non-hydrogen) atoms. The van der Waals surface area contributed by atoms with Crippen molar-refractivity contribution in [3.63, 3.8) is 0 Å². The average Bonchev–Trinajstić information content (AvgIpc) is 2.72. The van der Waals surface area contributed by atoms with Crippen LogP contribution in [-0.2, 0) is 6.42 Å². The number of hydrogen-bond acceptors (Lipinski definition) is 4. The first-order valence-electron chi connectivity index (χ1n) is 9.56. The number of anilines is 1. The predicted molar refractivity (Wildman–Crippen MR) is 112 cm³/mol. The molecule has 0 unspecified atom stereocenters. The van der Waals surface area contributed by atoms with Crippen molar-refractivity contribution < 1.29 is 0 Å². The molecule has 0 atom stereocenters. The molecule has 1 aliphatic heterocycles. The maximum atomic E-state index is 6.23. The average molecular weight is 387 g/mol. The van der Waals surface area contributed by atoms with E-state index in [2.05, 4.69) is 38.1 Å². The van der Waals surface area contributed by atoms with Crippen LogP contribution >= 0.6 is 11.6 Å². The molecule has 0 spiro atoms. The lowest BCUT2D eigenvalue weighted by molar-refractivity contribution is 0.370. The van der Waals surface area contributed by atoms with E-state index in [0.717, 1.165) is 69.0 Å². The molecule has 3 rings (SSSR count). The summed E-state index contributed by atoms with van der Waals surface area (Å²) in [6.07, 6.45) is 5.51. The van der Waals surface area contributed by atoms with Gasteiger partial charge in [-0.1, -0.05) is 29.8 Å². The topological polar surface area (TPSA) is 56.7 Å². The Labute approximate surface area is 166 Å². The van der Waals surface area contributed by atoms with Crippen LogP contribution in [0, 0.1) is 0 Å². The number of guanidine groups is 1. The van der Waals surface area contributed by atoms with Crippen molar-refractivity contribution in [3.05, 3.63) is 53.3 Å². The van der Waals surface area contributed by atoms with Crippen molar-refractivity contribution in [2.75, 3.05) is 44.2 Å². The fourth-order valence-corrected chi connectivity index (χ4v) is 3.38. The minimum absolute atomic E-state index is 0.787. The Hall–Kier alpha value is -2.34. The van der Waals surface area contributed by atoms with E-state index in [4.69, 9.17) is 16.6 Å². The van der Waals surface area contributed by atoms with Gasteiger partial charge in [0.25, 0.3) is 0 Å². The molecule has 1 fully saturated rings. The van der Waals surface area contributed by atoms with E-state index in [1.807, 2.05) is 24.3 Å². The highest BCUT2D eigenvalue weighted by atomic mass is 35.5. The van der Waals surface area contributed by atoms with Crippen LogP contribution in [0.4, 0.5) is 5.95 Å². The van der Waals surface area contributed by atoms with Crippen molar-refractivity contribution in [2.45, 2.75) is 19.8 Å². The third kappa shape index (κ3) is 5.57. The van der Waals surface area contributed by atoms with Gasteiger partial charge in [0, 0.05) is 56.7 Å². The Morgan fingerprint density at radius 1 is 1.11 bits per heavy atom. The van der Waals surface area contributed by atoms with Crippen molar-refractivity contribution >= 4 is 23.5 Å². The third-order valence-corrected chi connectivity index (χ3v) is 4.94. The first-order valence-corrected chi connectivity index (χ1v) is 9.94. The smallest absolute Gasteiger partial charge is 0.225 e. The molecule has 1 aliphatic rings. The van der Waals surface area contributed by atoms with Gasteiger partial charge in [-0.05, 0) is 37.5 Å². The van der Waals surface area contributed by atoms with E-state index in [9.17, 15) is 0 Å². The summed E-state index contributed by atoms with van der Waals surface area (Å²) >= 11 is 6.23. The van der Waals surface area contributed by atoms with Crippen molar-refractivity contribution in [1.29, 1.82) is 0 Å². The standard InChI is InChI=1S/C20H27ClN6/c1-2-22-19(23-10-5-8-17-7-3-4-9-18(17)21)26-13-15-27(16-14-26)20-24-11-6-12-25-20/h3-4,6-7,9,11-12H,2,5,8,10,13-16H2,1H3,(H,22,23). The SMILES string of the molecule is CCNC(=NCCCc1ccccc1Cl)N1CCN(c2ncccn2)CC1. The van der Waals surface area contributed by atoms with Crippen LogP contribution in [0.5, 0.6) is 0 Å². The lowest BCUT2D eigenvalue weighted by Crippen LogP contribution is -2.53. The molecule has 0 radical (unpaired) electrons. The van der Waals surface area contributed by atoms with Gasteiger partial charge in [-0.15, -0.1) is 0 Å². The molecule has 1 aromatic heterocycles. The van der Waals surface area contributed by atoms with Crippen LogP contribution in [0.2, 0.25) is 5.02 Å². The number of halogens is 1. The Morgan fingerprint density at radius 2 is 1.85 bits per heavy atom. The third-order valence-electron chi connectivity index (χ3n) is 4.57. The van der Waals surface area contributed by atoms with Gasteiger partial charge in [0.05, 0.1) is 0 Å². The summed E-state index contributed by atoms with van der Waals surface area (Å²) in [5.74, 6) is 1.80. The number of hydrogen-bond donors (Lipinski definition) is 1. The van der Waals surface area contributed by atoms with Crippen LogP contribution in [0.3, 0.4) is 0 Å². The quantitative estimate of drug-likeness (QED) is 0.470. The second-order valence-corrected chi connectivity index (χ2v) is 6.86. The van der Waals surface area contributed by atoms with Crippen molar-refractivity contribution in [1.82, 2.24) is 20.2 Å². The molecule has 2 aromatic rings. The van der Waals surface area contributed by atoms with Crippen molar-refractivity contribution in [2.24, 2.45) is 4.99 Å². The highest BCUT2D eigenvalue weighted by Crippen LogP contribution is 2.16. The highest BCUT2D eigenvalue weighted by Gasteiger charge is 2.20. The van der Waals surface area contributed by atoms with E-state index in [-0.39, 0.29) is 0 Å². The number of piperazine rings is 1. The number of aryl methyl sites for hydroxylation is 1. The minimum Gasteiger partial charge on any atom is -0.357 e. The van der Waals surface area contributed by atoms with E-state index in [0.29, 0.717) is 0 Å². The van der Waals surface area contributed by atoms with Crippen LogP contribution < -0.4 is 10.2 Å². The highest BCUT2D eigenvalue weighted by molar-refractivity contribution is 6.31. The second-order valence-electron chi connectivity index (χ2n) is 6.45. The Balaban J connectivity index is 1.51. The lowest BCUT2D eigenvalue weighted by Gasteiger charge is -2.36. The Bertz CT molecular complexity index is 728. The van der Waals surface area contributed by atoms with E-state index in [1.54, 1.807) is 12.4 Å². The largest absolute Gasteiger partial charge is 0.357 e. The number of nitrogens with one attached hydrogen (secondary N) is 1. The normalized spacial score (nSPS) is 15.1. The number of aliphatic imine (C=N–C) groups is 1. The maximum Gasteiger partial charge on any atom is 0.225 e. The second kappa shape index (κ2) is 10.1. The zero-order chi connectivity index (χ0) is 18.9. The molecule has 0 bridgehead atoms. The van der Waals surface area contributed by atoms with Crippen molar-refractivity contribution in [3.8, 4) is 0 Å². The molecule has 0 aliphatic carbocycles. The fourth-order valence-electron chi connectivity index (χ4n) is 3.15. The summed E-state index contributed by atoms with van der Waals surface area (Å²) < 4.78 is 0. The number of nitrogens with zero attached hydrogens (tertiary/aromatic N) is 5. The molecular weight excluding hydrogens is 360 g/mol. The number of aromatic nitrogens is 2. The summed E-state index contributed by atoms with van der Waals surface area (Å²) in [4.78, 5) is 18.0. The maximum absolute atomic E-state index is 6.23. The molecule has 6 nitrogen and oxygen atoms in total. The van der Waals surface area contributed by atoms with Gasteiger partial charge in [-0.3, -0.25) is 4.99 Å². The van der Waals surface area contributed by atoms with E-state index < -0.39 is 0 Å². The Kier molecular flexibility index (Phi) is 7.27. The summed E-state index contributed by atoms with van der Waals surface area (Å²) in [5.41, 5.74) is 1.19. The molecule has 0 saturated carbocycles. The lowest BCUT2D eigenvalue weighted by atomic mass is 10.1. The minimum atomic E-state index is 0.787. The summed E-state index contributed by atoms with van der Waals surface area (Å²) in [6, 6.07) is 9.87. The van der Waals surface area contributed by atoms with E-state index in [1.165, 1.54) is 5.56 Å². The first-order chi connectivity index (χ1) is 13.3. The van der Waals surface area contributed by atoms with Crippen LogP contribution in [0.15, 0.2) is 47.7 Å². The molecule has 1 aromatic carbocycles. The van der Waals surface area contributed by atoms with Gasteiger partial charge in [0.2, 0.25) is 5.95 Å². The van der Waals surface area contributed by atoms with Gasteiger partial charge in [0.1, 0.15) is 0 Å². The zero-order valence-corrected chi connectivity index (χ0v) is 16.6. The van der Waals surface area contributed by atoms with Gasteiger partial charge in [-0.2, -0.15) is 0 Å². The van der Waals surface area contributed by atoms with Gasteiger partial charge >= 0.3 is 0 Å². The molecule has 1 saturated heterocycles.